The summed E-state index contributed by atoms with van der Waals surface area (Å²) in [5.74, 6) is -0.234. The molecule has 0 saturated carbocycles. The number of pyridine rings is 2. The standard InChI is InChI=1S/C16H14N4/c1-11-5-6-14-19-15(13-4-3-7-18-9-13)16(12(2)8-17)20(14)10-11/h3-7,9-10,12H,1-2H3. The van der Waals surface area contributed by atoms with Crippen LogP contribution in [0.25, 0.3) is 16.9 Å². The Morgan fingerprint density at radius 3 is 2.85 bits per heavy atom. The van der Waals surface area contributed by atoms with Crippen LogP contribution in [0.2, 0.25) is 0 Å². The van der Waals surface area contributed by atoms with Gasteiger partial charge in [0.2, 0.25) is 0 Å². The maximum absolute atomic E-state index is 9.30. The smallest absolute Gasteiger partial charge is 0.137 e. The SMILES string of the molecule is Cc1ccc2nc(-c3cccnc3)c(C(C)C#N)n2c1. The zero-order chi connectivity index (χ0) is 14.1. The van der Waals surface area contributed by atoms with Crippen molar-refractivity contribution >= 4 is 5.65 Å². The van der Waals surface area contributed by atoms with E-state index < -0.39 is 0 Å². The zero-order valence-electron chi connectivity index (χ0n) is 11.4. The average molecular weight is 262 g/mol. The molecule has 0 fully saturated rings. The van der Waals surface area contributed by atoms with Gasteiger partial charge < -0.3 is 4.40 Å². The lowest BCUT2D eigenvalue weighted by Gasteiger charge is -2.07. The van der Waals surface area contributed by atoms with E-state index in [1.165, 1.54) is 0 Å². The normalized spacial score (nSPS) is 12.2. The second kappa shape index (κ2) is 4.78. The maximum Gasteiger partial charge on any atom is 0.137 e. The topological polar surface area (TPSA) is 54.0 Å². The number of aromatic nitrogens is 3. The molecule has 98 valence electrons. The highest BCUT2D eigenvalue weighted by Gasteiger charge is 2.19. The molecule has 3 aromatic heterocycles. The number of nitrogens with zero attached hydrogens (tertiary/aromatic N) is 4. The van der Waals surface area contributed by atoms with Gasteiger partial charge in [-0.2, -0.15) is 5.26 Å². The van der Waals surface area contributed by atoms with Crippen molar-refractivity contribution in [2.75, 3.05) is 0 Å². The van der Waals surface area contributed by atoms with E-state index in [-0.39, 0.29) is 5.92 Å². The first-order chi connectivity index (χ1) is 9.70. The van der Waals surface area contributed by atoms with Crippen molar-refractivity contribution < 1.29 is 0 Å². The van der Waals surface area contributed by atoms with Crippen molar-refractivity contribution in [1.29, 1.82) is 5.26 Å². The van der Waals surface area contributed by atoms with Crippen LogP contribution >= 0.6 is 0 Å². The Hall–Kier alpha value is -2.67. The number of fused-ring (bicyclic) bond motifs is 1. The third-order valence-electron chi connectivity index (χ3n) is 3.34. The van der Waals surface area contributed by atoms with Gasteiger partial charge in [-0.25, -0.2) is 4.98 Å². The fraction of sp³-hybridized carbons (Fsp3) is 0.188. The molecule has 0 aliphatic heterocycles. The van der Waals surface area contributed by atoms with Crippen LogP contribution in [0.3, 0.4) is 0 Å². The molecule has 1 unspecified atom stereocenters. The summed E-state index contributed by atoms with van der Waals surface area (Å²) >= 11 is 0. The molecule has 4 nitrogen and oxygen atoms in total. The predicted octanol–water partition coefficient (Wildman–Crippen LogP) is 3.33. The second-order valence-electron chi connectivity index (χ2n) is 4.87. The summed E-state index contributed by atoms with van der Waals surface area (Å²) in [6, 6.07) is 10.2. The van der Waals surface area contributed by atoms with E-state index in [4.69, 9.17) is 0 Å². The van der Waals surface area contributed by atoms with Crippen LogP contribution in [-0.4, -0.2) is 14.4 Å². The molecule has 0 saturated heterocycles. The highest BCUT2D eigenvalue weighted by atomic mass is 15.0. The average Bonchev–Trinajstić information content (AvgIpc) is 2.86. The zero-order valence-corrected chi connectivity index (χ0v) is 11.4. The summed E-state index contributed by atoms with van der Waals surface area (Å²) in [7, 11) is 0. The summed E-state index contributed by atoms with van der Waals surface area (Å²) in [6.07, 6.45) is 5.53. The van der Waals surface area contributed by atoms with Gasteiger partial charge in [-0.15, -0.1) is 0 Å². The van der Waals surface area contributed by atoms with Crippen molar-refractivity contribution in [3.63, 3.8) is 0 Å². The molecule has 0 aliphatic carbocycles. The van der Waals surface area contributed by atoms with Gasteiger partial charge in [0.25, 0.3) is 0 Å². The van der Waals surface area contributed by atoms with Crippen LogP contribution in [0.15, 0.2) is 42.9 Å². The Morgan fingerprint density at radius 2 is 2.15 bits per heavy atom. The Bertz CT molecular complexity index is 796. The monoisotopic (exact) mass is 262 g/mol. The van der Waals surface area contributed by atoms with E-state index in [1.54, 1.807) is 12.4 Å². The molecule has 0 N–H and O–H groups in total. The van der Waals surface area contributed by atoms with Crippen LogP contribution < -0.4 is 0 Å². The van der Waals surface area contributed by atoms with Gasteiger partial charge in [0.05, 0.1) is 23.4 Å². The van der Waals surface area contributed by atoms with Crippen molar-refractivity contribution in [3.8, 4) is 17.3 Å². The fourth-order valence-electron chi connectivity index (χ4n) is 2.36. The molecule has 1 atom stereocenters. The van der Waals surface area contributed by atoms with E-state index in [9.17, 15) is 5.26 Å². The first-order valence-electron chi connectivity index (χ1n) is 6.49. The van der Waals surface area contributed by atoms with Crippen molar-refractivity contribution in [3.05, 3.63) is 54.1 Å². The minimum atomic E-state index is -0.234. The third-order valence-corrected chi connectivity index (χ3v) is 3.34. The highest BCUT2D eigenvalue weighted by molar-refractivity contribution is 5.67. The molecule has 0 bridgehead atoms. The Labute approximate surface area is 117 Å². The number of hydrogen-bond donors (Lipinski definition) is 0. The van der Waals surface area contributed by atoms with Crippen LogP contribution in [-0.2, 0) is 0 Å². The lowest BCUT2D eigenvalue weighted by atomic mass is 10.0. The molecule has 3 aromatic rings. The maximum atomic E-state index is 9.30. The molecule has 3 heterocycles. The third kappa shape index (κ3) is 1.94. The minimum Gasteiger partial charge on any atom is -0.302 e. The van der Waals surface area contributed by atoms with Crippen LogP contribution in [0.1, 0.15) is 24.1 Å². The Balaban J connectivity index is 2.34. The molecular weight excluding hydrogens is 248 g/mol. The van der Waals surface area contributed by atoms with E-state index in [1.807, 2.05) is 48.7 Å². The van der Waals surface area contributed by atoms with Crippen LogP contribution in [0.5, 0.6) is 0 Å². The first kappa shape index (κ1) is 12.4. The van der Waals surface area contributed by atoms with Crippen molar-refractivity contribution in [2.24, 2.45) is 0 Å². The van der Waals surface area contributed by atoms with Gasteiger partial charge in [0.15, 0.2) is 0 Å². The molecule has 0 radical (unpaired) electrons. The largest absolute Gasteiger partial charge is 0.302 e. The molecule has 0 amide bonds. The Morgan fingerprint density at radius 1 is 1.30 bits per heavy atom. The summed E-state index contributed by atoms with van der Waals surface area (Å²) in [5, 5.41) is 9.30. The number of hydrogen-bond acceptors (Lipinski definition) is 3. The molecule has 0 spiro atoms. The number of aryl methyl sites for hydroxylation is 1. The Kier molecular flexibility index (Phi) is 2.96. The van der Waals surface area contributed by atoms with Gasteiger partial charge in [0.1, 0.15) is 5.65 Å². The van der Waals surface area contributed by atoms with Gasteiger partial charge in [0, 0.05) is 24.2 Å². The second-order valence-corrected chi connectivity index (χ2v) is 4.87. The first-order valence-corrected chi connectivity index (χ1v) is 6.49. The lowest BCUT2D eigenvalue weighted by molar-refractivity contribution is 0.897. The van der Waals surface area contributed by atoms with Crippen molar-refractivity contribution in [2.45, 2.75) is 19.8 Å². The van der Waals surface area contributed by atoms with Gasteiger partial charge in [-0.3, -0.25) is 4.98 Å². The number of nitriles is 1. The number of rotatable bonds is 2. The van der Waals surface area contributed by atoms with Crippen LogP contribution in [0, 0.1) is 18.3 Å². The van der Waals surface area contributed by atoms with Gasteiger partial charge >= 0.3 is 0 Å². The summed E-state index contributed by atoms with van der Waals surface area (Å²) in [5.41, 5.74) is 4.67. The molecule has 20 heavy (non-hydrogen) atoms. The van der Waals surface area contributed by atoms with E-state index in [0.29, 0.717) is 0 Å². The minimum absolute atomic E-state index is 0.234. The summed E-state index contributed by atoms with van der Waals surface area (Å²) < 4.78 is 2.01. The molecule has 0 aliphatic rings. The summed E-state index contributed by atoms with van der Waals surface area (Å²) in [4.78, 5) is 8.81. The number of imidazole rings is 1. The fourth-order valence-corrected chi connectivity index (χ4v) is 2.36. The molecule has 4 heteroatoms. The predicted molar refractivity (Wildman–Crippen MR) is 77.2 cm³/mol. The summed E-state index contributed by atoms with van der Waals surface area (Å²) in [6.45, 7) is 3.93. The van der Waals surface area contributed by atoms with E-state index in [2.05, 4.69) is 16.0 Å². The van der Waals surface area contributed by atoms with E-state index in [0.717, 1.165) is 28.2 Å². The lowest BCUT2D eigenvalue weighted by Crippen LogP contribution is -1.99. The van der Waals surface area contributed by atoms with Gasteiger partial charge in [-0.1, -0.05) is 6.07 Å². The highest BCUT2D eigenvalue weighted by Crippen LogP contribution is 2.29. The molecular formula is C16H14N4. The molecule has 3 rings (SSSR count). The van der Waals surface area contributed by atoms with Crippen LogP contribution in [0.4, 0.5) is 0 Å². The van der Waals surface area contributed by atoms with Gasteiger partial charge in [-0.05, 0) is 37.6 Å². The quantitative estimate of drug-likeness (QED) is 0.711. The van der Waals surface area contributed by atoms with Crippen molar-refractivity contribution in [1.82, 2.24) is 14.4 Å². The van der Waals surface area contributed by atoms with E-state index >= 15 is 0 Å². The molecule has 0 aromatic carbocycles.